The fraction of sp³-hybridized carbons (Fsp3) is 0.250. The number of pyridine rings is 1. The molecule has 2 aromatic rings. The number of alkyl halides is 3. The minimum Gasteiger partial charge on any atom is -0.355 e. The molecular weight excluding hydrogens is 307 g/mol. The first-order valence-corrected chi connectivity index (χ1v) is 6.87. The third kappa shape index (κ3) is 4.00. The Morgan fingerprint density at radius 2 is 2.00 bits per heavy atom. The van der Waals surface area contributed by atoms with Crippen molar-refractivity contribution in [2.75, 3.05) is 19.0 Å². The minimum absolute atomic E-state index is 0.199. The van der Waals surface area contributed by atoms with Crippen molar-refractivity contribution in [1.29, 1.82) is 0 Å². The summed E-state index contributed by atoms with van der Waals surface area (Å²) in [5.41, 5.74) is 0.149. The summed E-state index contributed by atoms with van der Waals surface area (Å²) in [6, 6.07) is 8.34. The summed E-state index contributed by atoms with van der Waals surface area (Å²) in [7, 11) is 3.18. The number of carbonyl (C=O) groups excluding carboxylic acids is 1. The van der Waals surface area contributed by atoms with Gasteiger partial charge in [0, 0.05) is 26.8 Å². The van der Waals surface area contributed by atoms with Gasteiger partial charge in [0.25, 0.3) is 5.91 Å². The van der Waals surface area contributed by atoms with Crippen LogP contribution in [-0.4, -0.2) is 25.0 Å². The summed E-state index contributed by atoms with van der Waals surface area (Å²) < 4.78 is 38.3. The van der Waals surface area contributed by atoms with Crippen molar-refractivity contribution >= 4 is 11.7 Å². The zero-order valence-electron chi connectivity index (χ0n) is 12.7. The number of hydrogen-bond acceptors (Lipinski definition) is 3. The molecule has 1 aromatic heterocycles. The van der Waals surface area contributed by atoms with Gasteiger partial charge in [-0.2, -0.15) is 13.2 Å². The molecule has 1 heterocycles. The van der Waals surface area contributed by atoms with Crippen molar-refractivity contribution in [1.82, 2.24) is 10.3 Å². The van der Waals surface area contributed by atoms with E-state index in [2.05, 4.69) is 10.3 Å². The SMILES string of the molecule is CNC(=O)c1cccnc1N(C)Cc1cccc(C(F)(F)F)c1. The first kappa shape index (κ1) is 16.8. The average molecular weight is 323 g/mol. The van der Waals surface area contributed by atoms with Gasteiger partial charge in [0.1, 0.15) is 5.82 Å². The van der Waals surface area contributed by atoms with E-state index in [0.717, 1.165) is 12.1 Å². The summed E-state index contributed by atoms with van der Waals surface area (Å²) >= 11 is 0. The minimum atomic E-state index is -4.38. The highest BCUT2D eigenvalue weighted by Gasteiger charge is 2.30. The fourth-order valence-electron chi connectivity index (χ4n) is 2.21. The maximum absolute atomic E-state index is 12.8. The van der Waals surface area contributed by atoms with Crippen LogP contribution in [0, 0.1) is 0 Å². The number of rotatable bonds is 4. The first-order chi connectivity index (χ1) is 10.8. The second kappa shape index (κ2) is 6.68. The number of nitrogens with one attached hydrogen (secondary N) is 1. The Bertz CT molecular complexity index is 701. The lowest BCUT2D eigenvalue weighted by Gasteiger charge is -2.21. The molecule has 7 heteroatoms. The van der Waals surface area contributed by atoms with Gasteiger partial charge in [-0.15, -0.1) is 0 Å². The van der Waals surface area contributed by atoms with E-state index in [1.165, 1.54) is 19.3 Å². The lowest BCUT2D eigenvalue weighted by Crippen LogP contribution is -2.25. The molecule has 0 bridgehead atoms. The van der Waals surface area contributed by atoms with E-state index in [0.29, 0.717) is 16.9 Å². The van der Waals surface area contributed by atoms with E-state index in [4.69, 9.17) is 0 Å². The zero-order valence-corrected chi connectivity index (χ0v) is 12.7. The molecule has 0 fully saturated rings. The molecule has 2 rings (SSSR count). The molecule has 0 saturated carbocycles. The van der Waals surface area contributed by atoms with Gasteiger partial charge in [-0.05, 0) is 29.8 Å². The third-order valence-electron chi connectivity index (χ3n) is 3.29. The second-order valence-corrected chi connectivity index (χ2v) is 5.01. The van der Waals surface area contributed by atoms with Gasteiger partial charge in [0.05, 0.1) is 11.1 Å². The molecule has 23 heavy (non-hydrogen) atoms. The molecule has 0 radical (unpaired) electrons. The van der Waals surface area contributed by atoms with Crippen LogP contribution in [0.2, 0.25) is 0 Å². The highest BCUT2D eigenvalue weighted by Crippen LogP contribution is 2.30. The molecule has 0 saturated heterocycles. The molecule has 1 aromatic carbocycles. The Kier molecular flexibility index (Phi) is 4.88. The number of nitrogens with zero attached hydrogens (tertiary/aromatic N) is 2. The van der Waals surface area contributed by atoms with E-state index < -0.39 is 11.7 Å². The predicted octanol–water partition coefficient (Wildman–Crippen LogP) is 3.10. The van der Waals surface area contributed by atoms with Gasteiger partial charge in [-0.25, -0.2) is 4.98 Å². The lowest BCUT2D eigenvalue weighted by atomic mass is 10.1. The van der Waals surface area contributed by atoms with Crippen molar-refractivity contribution in [2.45, 2.75) is 12.7 Å². The zero-order chi connectivity index (χ0) is 17.0. The van der Waals surface area contributed by atoms with Crippen LogP contribution in [-0.2, 0) is 12.7 Å². The Balaban J connectivity index is 2.27. The van der Waals surface area contributed by atoms with E-state index in [1.807, 2.05) is 0 Å². The number of aromatic nitrogens is 1. The monoisotopic (exact) mass is 323 g/mol. The number of amides is 1. The molecule has 0 atom stereocenters. The highest BCUT2D eigenvalue weighted by atomic mass is 19.4. The highest BCUT2D eigenvalue weighted by molar-refractivity contribution is 5.98. The van der Waals surface area contributed by atoms with Crippen LogP contribution in [0.1, 0.15) is 21.5 Å². The Morgan fingerprint density at radius 1 is 1.26 bits per heavy atom. The van der Waals surface area contributed by atoms with Crippen molar-refractivity contribution in [3.05, 3.63) is 59.3 Å². The molecule has 122 valence electrons. The summed E-state index contributed by atoms with van der Waals surface area (Å²) in [5.74, 6) is 0.105. The van der Waals surface area contributed by atoms with Crippen LogP contribution in [0.5, 0.6) is 0 Å². The van der Waals surface area contributed by atoms with Crippen molar-refractivity contribution < 1.29 is 18.0 Å². The van der Waals surface area contributed by atoms with Gasteiger partial charge in [-0.3, -0.25) is 4.79 Å². The van der Waals surface area contributed by atoms with Gasteiger partial charge < -0.3 is 10.2 Å². The smallest absolute Gasteiger partial charge is 0.355 e. The summed E-state index contributed by atoms with van der Waals surface area (Å²) in [6.07, 6.45) is -2.85. The second-order valence-electron chi connectivity index (χ2n) is 5.01. The van der Waals surface area contributed by atoms with Gasteiger partial charge in [-0.1, -0.05) is 12.1 Å². The lowest BCUT2D eigenvalue weighted by molar-refractivity contribution is -0.137. The Labute approximate surface area is 132 Å². The van der Waals surface area contributed by atoms with Crippen molar-refractivity contribution in [3.8, 4) is 0 Å². The molecule has 1 amide bonds. The summed E-state index contributed by atoms with van der Waals surface area (Å²) in [4.78, 5) is 17.6. The van der Waals surface area contributed by atoms with Crippen LogP contribution in [0.3, 0.4) is 0 Å². The number of benzene rings is 1. The maximum Gasteiger partial charge on any atom is 0.416 e. The van der Waals surface area contributed by atoms with E-state index >= 15 is 0 Å². The molecule has 1 N–H and O–H groups in total. The quantitative estimate of drug-likeness (QED) is 0.940. The van der Waals surface area contributed by atoms with E-state index in [9.17, 15) is 18.0 Å². The number of anilines is 1. The van der Waals surface area contributed by atoms with Crippen LogP contribution in [0.25, 0.3) is 0 Å². The van der Waals surface area contributed by atoms with Gasteiger partial charge in [0.15, 0.2) is 0 Å². The molecule has 0 aliphatic rings. The largest absolute Gasteiger partial charge is 0.416 e. The van der Waals surface area contributed by atoms with Crippen molar-refractivity contribution in [3.63, 3.8) is 0 Å². The molecule has 0 aliphatic carbocycles. The Hall–Kier alpha value is -2.57. The fourth-order valence-corrected chi connectivity index (χ4v) is 2.21. The van der Waals surface area contributed by atoms with Crippen LogP contribution >= 0.6 is 0 Å². The van der Waals surface area contributed by atoms with Crippen molar-refractivity contribution in [2.24, 2.45) is 0 Å². The van der Waals surface area contributed by atoms with Gasteiger partial charge >= 0.3 is 6.18 Å². The predicted molar refractivity (Wildman–Crippen MR) is 81.2 cm³/mol. The topological polar surface area (TPSA) is 45.2 Å². The molecule has 0 unspecified atom stereocenters. The van der Waals surface area contributed by atoms with E-state index in [1.54, 1.807) is 30.1 Å². The molecular formula is C16H16F3N3O. The number of hydrogen-bond donors (Lipinski definition) is 1. The number of halogens is 3. The van der Waals surface area contributed by atoms with Crippen LogP contribution < -0.4 is 10.2 Å². The number of carbonyl (C=O) groups is 1. The Morgan fingerprint density at radius 3 is 2.65 bits per heavy atom. The average Bonchev–Trinajstić information content (AvgIpc) is 2.53. The maximum atomic E-state index is 12.8. The van der Waals surface area contributed by atoms with Crippen LogP contribution in [0.4, 0.5) is 19.0 Å². The summed E-state index contributed by atoms with van der Waals surface area (Å²) in [6.45, 7) is 0.199. The van der Waals surface area contributed by atoms with Crippen LogP contribution in [0.15, 0.2) is 42.6 Å². The summed E-state index contributed by atoms with van der Waals surface area (Å²) in [5, 5.41) is 2.52. The standard InChI is InChI=1S/C16H16F3N3O/c1-20-15(23)13-7-4-8-21-14(13)22(2)10-11-5-3-6-12(9-11)16(17,18)19/h3-9H,10H2,1-2H3,(H,20,23). The van der Waals surface area contributed by atoms with E-state index in [-0.39, 0.29) is 12.5 Å². The third-order valence-corrected chi connectivity index (χ3v) is 3.29. The normalized spacial score (nSPS) is 11.2. The molecule has 4 nitrogen and oxygen atoms in total. The molecule has 0 aliphatic heterocycles. The molecule has 0 spiro atoms. The van der Waals surface area contributed by atoms with Gasteiger partial charge in [0.2, 0.25) is 0 Å². The first-order valence-electron chi connectivity index (χ1n) is 6.87.